The van der Waals surface area contributed by atoms with Crippen molar-refractivity contribution < 1.29 is 24.0 Å². The molecule has 29 heavy (non-hydrogen) atoms. The third-order valence-corrected chi connectivity index (χ3v) is 5.33. The Morgan fingerprint density at radius 1 is 1.00 bits per heavy atom. The molecule has 152 valence electrons. The van der Waals surface area contributed by atoms with Crippen LogP contribution in [0.4, 0.5) is 11.4 Å². The summed E-state index contributed by atoms with van der Waals surface area (Å²) in [6, 6.07) is 13.5. The Hall–Kier alpha value is -3.06. The Labute approximate surface area is 170 Å². The lowest BCUT2D eigenvalue weighted by Gasteiger charge is -2.24. The van der Waals surface area contributed by atoms with E-state index in [1.54, 1.807) is 24.3 Å². The molecule has 2 aromatic carbocycles. The number of hydrogen-bond acceptors (Lipinski definition) is 4. The first-order valence-corrected chi connectivity index (χ1v) is 10.00. The molecule has 1 saturated heterocycles. The molecule has 0 spiro atoms. The van der Waals surface area contributed by atoms with Gasteiger partial charge in [0.1, 0.15) is 19.3 Å². The number of fused-ring (bicyclic) bond motifs is 1. The molecule has 0 saturated carbocycles. The van der Waals surface area contributed by atoms with Gasteiger partial charge in [0.25, 0.3) is 5.91 Å². The van der Waals surface area contributed by atoms with Crippen molar-refractivity contribution in [1.29, 1.82) is 0 Å². The zero-order valence-corrected chi connectivity index (χ0v) is 16.5. The zero-order valence-electron chi connectivity index (χ0n) is 16.5. The van der Waals surface area contributed by atoms with E-state index in [0.29, 0.717) is 25.4 Å². The molecule has 0 radical (unpaired) electrons. The van der Waals surface area contributed by atoms with Crippen molar-refractivity contribution in [3.05, 3.63) is 48.0 Å². The van der Waals surface area contributed by atoms with Crippen LogP contribution in [-0.2, 0) is 9.59 Å². The van der Waals surface area contributed by atoms with Gasteiger partial charge in [-0.1, -0.05) is 0 Å². The van der Waals surface area contributed by atoms with Gasteiger partial charge in [-0.05, 0) is 42.5 Å². The van der Waals surface area contributed by atoms with Crippen molar-refractivity contribution in [3.8, 4) is 11.5 Å². The van der Waals surface area contributed by atoms with Crippen molar-refractivity contribution in [2.24, 2.45) is 0 Å². The summed E-state index contributed by atoms with van der Waals surface area (Å²) in [5.41, 5.74) is 2.62. The highest BCUT2D eigenvalue weighted by Gasteiger charge is 2.32. The molecule has 2 amide bonds. The van der Waals surface area contributed by atoms with Gasteiger partial charge in [-0.15, -0.1) is 0 Å². The molecule has 2 aromatic rings. The molecule has 3 N–H and O–H groups in total. The van der Waals surface area contributed by atoms with E-state index in [0.717, 1.165) is 36.6 Å². The standard InChI is InChI=1S/C22H25N3O4/c1-15(26)23-17-5-7-18(8-6-17)24-22(27)14-25-10-2-3-19(25)16-4-9-20-21(13-16)29-12-11-28-20/h4-9,13,19H,2-3,10-12,14H2,1H3,(H,23,26)(H,24,27)/p+1/t19-/m1/s1. The van der Waals surface area contributed by atoms with E-state index in [9.17, 15) is 9.59 Å². The minimum absolute atomic E-state index is 0.0169. The summed E-state index contributed by atoms with van der Waals surface area (Å²) in [4.78, 5) is 25.0. The van der Waals surface area contributed by atoms with Gasteiger partial charge in [-0.3, -0.25) is 9.59 Å². The van der Waals surface area contributed by atoms with Gasteiger partial charge in [0, 0.05) is 36.7 Å². The zero-order chi connectivity index (χ0) is 20.2. The normalized spacial score (nSPS) is 20.2. The smallest absolute Gasteiger partial charge is 0.279 e. The average Bonchev–Trinajstić information content (AvgIpc) is 3.16. The number of benzene rings is 2. The lowest BCUT2D eigenvalue weighted by atomic mass is 10.0. The fourth-order valence-corrected chi connectivity index (χ4v) is 4.05. The van der Waals surface area contributed by atoms with Crippen LogP contribution in [0.1, 0.15) is 31.4 Å². The number of quaternary nitrogens is 1. The number of carbonyl (C=O) groups is 2. The van der Waals surface area contributed by atoms with E-state index in [4.69, 9.17) is 9.47 Å². The van der Waals surface area contributed by atoms with Crippen LogP contribution >= 0.6 is 0 Å². The summed E-state index contributed by atoms with van der Waals surface area (Å²) in [5, 5.41) is 5.67. The van der Waals surface area contributed by atoms with Crippen LogP contribution in [0.5, 0.6) is 11.5 Å². The van der Waals surface area contributed by atoms with Crippen LogP contribution < -0.4 is 25.0 Å². The monoisotopic (exact) mass is 396 g/mol. The Balaban J connectivity index is 1.38. The van der Waals surface area contributed by atoms with Crippen LogP contribution in [0.3, 0.4) is 0 Å². The summed E-state index contributed by atoms with van der Waals surface area (Å²) in [7, 11) is 0. The summed E-state index contributed by atoms with van der Waals surface area (Å²) < 4.78 is 11.3. The van der Waals surface area contributed by atoms with Gasteiger partial charge in [0.2, 0.25) is 5.91 Å². The second-order valence-corrected chi connectivity index (χ2v) is 7.49. The van der Waals surface area contributed by atoms with Crippen molar-refractivity contribution in [2.45, 2.75) is 25.8 Å². The highest BCUT2D eigenvalue weighted by Crippen LogP contribution is 2.33. The average molecular weight is 396 g/mol. The molecule has 0 bridgehead atoms. The largest absolute Gasteiger partial charge is 0.486 e. The van der Waals surface area contributed by atoms with Gasteiger partial charge in [0.05, 0.1) is 6.54 Å². The Kier molecular flexibility index (Phi) is 5.67. The van der Waals surface area contributed by atoms with Crippen LogP contribution in [0, 0.1) is 0 Å². The quantitative estimate of drug-likeness (QED) is 0.720. The van der Waals surface area contributed by atoms with Crippen LogP contribution in [-0.4, -0.2) is 38.1 Å². The number of likely N-dealkylation sites (tertiary alicyclic amines) is 1. The molecule has 7 heteroatoms. The fourth-order valence-electron chi connectivity index (χ4n) is 4.05. The molecule has 2 heterocycles. The number of anilines is 2. The molecule has 2 aliphatic heterocycles. The Morgan fingerprint density at radius 2 is 1.69 bits per heavy atom. The van der Waals surface area contributed by atoms with Gasteiger partial charge < -0.3 is 25.0 Å². The Morgan fingerprint density at radius 3 is 2.41 bits per heavy atom. The van der Waals surface area contributed by atoms with E-state index < -0.39 is 0 Å². The van der Waals surface area contributed by atoms with E-state index in [2.05, 4.69) is 22.8 Å². The maximum Gasteiger partial charge on any atom is 0.279 e. The van der Waals surface area contributed by atoms with Crippen LogP contribution in [0.25, 0.3) is 0 Å². The van der Waals surface area contributed by atoms with Crippen molar-refractivity contribution in [2.75, 3.05) is 36.9 Å². The number of amides is 2. The molecular weight excluding hydrogens is 370 g/mol. The lowest BCUT2D eigenvalue weighted by molar-refractivity contribution is -0.910. The number of carbonyl (C=O) groups excluding carboxylic acids is 2. The molecule has 0 aliphatic carbocycles. The summed E-state index contributed by atoms with van der Waals surface area (Å²) >= 11 is 0. The highest BCUT2D eigenvalue weighted by atomic mass is 16.6. The number of ether oxygens (including phenoxy) is 2. The number of nitrogens with one attached hydrogen (secondary N) is 3. The predicted molar refractivity (Wildman–Crippen MR) is 109 cm³/mol. The molecular formula is C22H26N3O4+. The first-order valence-electron chi connectivity index (χ1n) is 10.00. The SMILES string of the molecule is CC(=O)Nc1ccc(NC(=O)C[NH+]2CCC[C@@H]2c2ccc3c(c2)OCCO3)cc1. The maximum absolute atomic E-state index is 12.6. The predicted octanol–water partition coefficient (Wildman–Crippen LogP) is 1.77. The molecule has 2 aliphatic rings. The van der Waals surface area contributed by atoms with Crippen LogP contribution in [0.15, 0.2) is 42.5 Å². The molecule has 1 unspecified atom stereocenters. The van der Waals surface area contributed by atoms with Crippen molar-refractivity contribution >= 4 is 23.2 Å². The Bertz CT molecular complexity index is 897. The topological polar surface area (TPSA) is 81.1 Å². The van der Waals surface area contributed by atoms with E-state index in [1.165, 1.54) is 17.4 Å². The lowest BCUT2D eigenvalue weighted by Crippen LogP contribution is -3.11. The fraction of sp³-hybridized carbons (Fsp3) is 0.364. The molecule has 4 rings (SSSR count). The third-order valence-electron chi connectivity index (χ3n) is 5.33. The van der Waals surface area contributed by atoms with Crippen molar-refractivity contribution in [1.82, 2.24) is 0 Å². The van der Waals surface area contributed by atoms with E-state index in [-0.39, 0.29) is 17.9 Å². The number of rotatable bonds is 5. The maximum atomic E-state index is 12.6. The van der Waals surface area contributed by atoms with E-state index >= 15 is 0 Å². The first kappa shape index (κ1) is 19.3. The molecule has 0 aromatic heterocycles. The van der Waals surface area contributed by atoms with E-state index in [1.807, 2.05) is 6.07 Å². The summed E-state index contributed by atoms with van der Waals surface area (Å²) in [6.45, 7) is 3.99. The summed E-state index contributed by atoms with van der Waals surface area (Å²) in [6.07, 6.45) is 2.14. The first-order chi connectivity index (χ1) is 14.1. The second kappa shape index (κ2) is 8.53. The van der Waals surface area contributed by atoms with Gasteiger partial charge in [-0.2, -0.15) is 0 Å². The number of hydrogen-bond donors (Lipinski definition) is 3. The van der Waals surface area contributed by atoms with Crippen LogP contribution in [0.2, 0.25) is 0 Å². The molecule has 7 nitrogen and oxygen atoms in total. The highest BCUT2D eigenvalue weighted by molar-refractivity contribution is 5.92. The third kappa shape index (κ3) is 4.68. The van der Waals surface area contributed by atoms with Gasteiger partial charge in [-0.25, -0.2) is 0 Å². The molecule has 2 atom stereocenters. The second-order valence-electron chi connectivity index (χ2n) is 7.49. The van der Waals surface area contributed by atoms with Crippen molar-refractivity contribution in [3.63, 3.8) is 0 Å². The van der Waals surface area contributed by atoms with Gasteiger partial charge in [0.15, 0.2) is 18.0 Å². The summed E-state index contributed by atoms with van der Waals surface area (Å²) in [5.74, 6) is 1.45. The van der Waals surface area contributed by atoms with Gasteiger partial charge >= 0.3 is 0 Å². The molecule has 1 fully saturated rings. The minimum Gasteiger partial charge on any atom is -0.486 e. The minimum atomic E-state index is -0.121.